The largest absolute Gasteiger partial charge is 0.490 e. The summed E-state index contributed by atoms with van der Waals surface area (Å²) in [5.74, 6) is 7.80. The number of nitrogens with one attached hydrogen (secondary N) is 2. The minimum atomic E-state index is 0.449. The van der Waals surface area contributed by atoms with Crippen LogP contribution in [-0.2, 0) is 0 Å². The minimum Gasteiger partial charge on any atom is -0.490 e. The Morgan fingerprint density at radius 3 is 2.71 bits per heavy atom. The fraction of sp³-hybridized carbons (Fsp3) is 0.636. The molecule has 17 heavy (non-hydrogen) atoms. The predicted octanol–water partition coefficient (Wildman–Crippen LogP) is 1.37. The molecule has 4 N–H and O–H groups in total. The van der Waals surface area contributed by atoms with Gasteiger partial charge in [-0.25, -0.2) is 15.8 Å². The van der Waals surface area contributed by atoms with Crippen LogP contribution in [0.2, 0.25) is 0 Å². The Bertz CT molecular complexity index is 384. The zero-order valence-corrected chi connectivity index (χ0v) is 10.2. The van der Waals surface area contributed by atoms with Gasteiger partial charge in [-0.05, 0) is 18.8 Å². The summed E-state index contributed by atoms with van der Waals surface area (Å²) in [6.45, 7) is 2.25. The van der Waals surface area contributed by atoms with Crippen LogP contribution in [0, 0.1) is 5.92 Å². The van der Waals surface area contributed by atoms with Crippen molar-refractivity contribution >= 4 is 11.6 Å². The van der Waals surface area contributed by atoms with Crippen LogP contribution in [0.15, 0.2) is 6.33 Å². The number of hydrogen-bond acceptors (Lipinski definition) is 6. The highest BCUT2D eigenvalue weighted by atomic mass is 16.5. The highest BCUT2D eigenvalue weighted by Gasteiger charge is 2.25. The average Bonchev–Trinajstić information content (AvgIpc) is 2.74. The van der Waals surface area contributed by atoms with Gasteiger partial charge in [0, 0.05) is 6.04 Å². The summed E-state index contributed by atoms with van der Waals surface area (Å²) in [4.78, 5) is 8.22. The number of hydrogen-bond donors (Lipinski definition) is 3. The van der Waals surface area contributed by atoms with E-state index in [0.717, 1.165) is 0 Å². The average molecular weight is 237 g/mol. The molecule has 1 saturated carbocycles. The molecular formula is C11H19N5O. The second-order valence-corrected chi connectivity index (χ2v) is 4.41. The number of hydrazine groups is 1. The van der Waals surface area contributed by atoms with Crippen molar-refractivity contribution in [3.05, 3.63) is 6.33 Å². The van der Waals surface area contributed by atoms with Gasteiger partial charge in [0.15, 0.2) is 11.6 Å². The van der Waals surface area contributed by atoms with Crippen molar-refractivity contribution in [1.29, 1.82) is 0 Å². The fourth-order valence-corrected chi connectivity index (χ4v) is 2.31. The first-order valence-corrected chi connectivity index (χ1v) is 5.88. The highest BCUT2D eigenvalue weighted by molar-refractivity contribution is 5.63. The molecule has 1 fully saturated rings. The molecule has 0 radical (unpaired) electrons. The van der Waals surface area contributed by atoms with Crippen molar-refractivity contribution in [3.8, 4) is 5.75 Å². The monoisotopic (exact) mass is 237 g/mol. The Hall–Kier alpha value is -1.56. The van der Waals surface area contributed by atoms with Crippen LogP contribution in [0.25, 0.3) is 0 Å². The molecule has 0 amide bonds. The Kier molecular flexibility index (Phi) is 3.63. The van der Waals surface area contributed by atoms with E-state index >= 15 is 0 Å². The zero-order chi connectivity index (χ0) is 12.3. The van der Waals surface area contributed by atoms with Crippen molar-refractivity contribution in [2.75, 3.05) is 17.9 Å². The number of rotatable bonds is 4. The van der Waals surface area contributed by atoms with E-state index in [2.05, 4.69) is 27.6 Å². The second-order valence-electron chi connectivity index (χ2n) is 4.41. The van der Waals surface area contributed by atoms with Gasteiger partial charge in [0.25, 0.3) is 0 Å². The topological polar surface area (TPSA) is 85.1 Å². The Morgan fingerprint density at radius 2 is 2.12 bits per heavy atom. The van der Waals surface area contributed by atoms with Crippen LogP contribution in [0.1, 0.15) is 26.2 Å². The SMILES string of the molecule is COc1c(NN)ncnc1NC1CCCC1C. The van der Waals surface area contributed by atoms with Gasteiger partial charge in [0.05, 0.1) is 7.11 Å². The number of nitrogens with two attached hydrogens (primary N) is 1. The maximum atomic E-state index is 5.38. The first kappa shape index (κ1) is 11.9. The zero-order valence-electron chi connectivity index (χ0n) is 10.2. The molecule has 0 bridgehead atoms. The van der Waals surface area contributed by atoms with Gasteiger partial charge in [0.2, 0.25) is 5.75 Å². The van der Waals surface area contributed by atoms with Gasteiger partial charge in [-0.1, -0.05) is 13.3 Å². The summed E-state index contributed by atoms with van der Waals surface area (Å²) in [6.07, 6.45) is 5.15. The standard InChI is InChI=1S/C11H19N5O/c1-7-4-3-5-8(7)15-10-9(17-2)11(16-12)14-6-13-10/h6-8H,3-5,12H2,1-2H3,(H2,13,14,15,16). The van der Waals surface area contributed by atoms with Gasteiger partial charge < -0.3 is 15.5 Å². The normalized spacial score (nSPS) is 23.5. The van der Waals surface area contributed by atoms with Crippen LogP contribution in [0.5, 0.6) is 5.75 Å². The maximum absolute atomic E-state index is 5.38. The summed E-state index contributed by atoms with van der Waals surface area (Å²) < 4.78 is 5.28. The molecule has 94 valence electrons. The molecule has 6 heteroatoms. The first-order chi connectivity index (χ1) is 8.26. The molecule has 2 atom stereocenters. The third-order valence-electron chi connectivity index (χ3n) is 3.33. The van der Waals surface area contributed by atoms with Gasteiger partial charge >= 0.3 is 0 Å². The molecule has 1 aromatic heterocycles. The number of methoxy groups -OCH3 is 1. The Balaban J connectivity index is 2.19. The lowest BCUT2D eigenvalue weighted by atomic mass is 10.1. The molecule has 1 heterocycles. The van der Waals surface area contributed by atoms with Crippen LogP contribution >= 0.6 is 0 Å². The van der Waals surface area contributed by atoms with Crippen molar-refractivity contribution < 1.29 is 4.74 Å². The van der Waals surface area contributed by atoms with Crippen LogP contribution in [0.4, 0.5) is 11.6 Å². The number of aromatic nitrogens is 2. The molecule has 0 aromatic carbocycles. The molecule has 0 spiro atoms. The van der Waals surface area contributed by atoms with E-state index in [1.54, 1.807) is 7.11 Å². The summed E-state index contributed by atoms with van der Waals surface area (Å²) in [5.41, 5.74) is 2.51. The van der Waals surface area contributed by atoms with Gasteiger partial charge in [-0.15, -0.1) is 0 Å². The second kappa shape index (κ2) is 5.18. The molecule has 0 saturated heterocycles. The number of ether oxygens (including phenoxy) is 1. The van der Waals surface area contributed by atoms with E-state index in [-0.39, 0.29) is 0 Å². The Morgan fingerprint density at radius 1 is 1.35 bits per heavy atom. The summed E-state index contributed by atoms with van der Waals surface area (Å²) in [6, 6.07) is 0.449. The predicted molar refractivity (Wildman–Crippen MR) is 66.8 cm³/mol. The van der Waals surface area contributed by atoms with Crippen LogP contribution in [0.3, 0.4) is 0 Å². The van der Waals surface area contributed by atoms with Crippen molar-refractivity contribution in [2.45, 2.75) is 32.2 Å². The van der Waals surface area contributed by atoms with Crippen LogP contribution < -0.4 is 21.3 Å². The molecular weight excluding hydrogens is 218 g/mol. The van der Waals surface area contributed by atoms with E-state index in [4.69, 9.17) is 10.6 Å². The van der Waals surface area contributed by atoms with Crippen molar-refractivity contribution in [3.63, 3.8) is 0 Å². The molecule has 6 nitrogen and oxygen atoms in total. The van der Waals surface area contributed by atoms with Gasteiger partial charge in [-0.3, -0.25) is 0 Å². The lowest BCUT2D eigenvalue weighted by molar-refractivity contribution is 0.413. The van der Waals surface area contributed by atoms with Gasteiger partial charge in [0.1, 0.15) is 6.33 Å². The van der Waals surface area contributed by atoms with Crippen molar-refractivity contribution in [1.82, 2.24) is 9.97 Å². The summed E-state index contributed by atoms with van der Waals surface area (Å²) in [5, 5.41) is 3.41. The fourth-order valence-electron chi connectivity index (χ4n) is 2.31. The summed E-state index contributed by atoms with van der Waals surface area (Å²) >= 11 is 0. The first-order valence-electron chi connectivity index (χ1n) is 5.88. The minimum absolute atomic E-state index is 0.449. The van der Waals surface area contributed by atoms with E-state index in [1.165, 1.54) is 25.6 Å². The quantitative estimate of drug-likeness (QED) is 0.542. The van der Waals surface area contributed by atoms with Gasteiger partial charge in [-0.2, -0.15) is 0 Å². The third kappa shape index (κ3) is 2.41. The molecule has 1 aliphatic rings. The molecule has 2 rings (SSSR count). The Labute approximate surface area is 101 Å². The van der Waals surface area contributed by atoms with E-state index in [1.807, 2.05) is 0 Å². The van der Waals surface area contributed by atoms with E-state index < -0.39 is 0 Å². The van der Waals surface area contributed by atoms with Crippen LogP contribution in [-0.4, -0.2) is 23.1 Å². The number of anilines is 2. The molecule has 1 aromatic rings. The molecule has 0 aliphatic heterocycles. The molecule has 2 unspecified atom stereocenters. The highest BCUT2D eigenvalue weighted by Crippen LogP contribution is 2.33. The third-order valence-corrected chi connectivity index (χ3v) is 3.33. The smallest absolute Gasteiger partial charge is 0.205 e. The maximum Gasteiger partial charge on any atom is 0.205 e. The number of nitrogen functional groups attached to an aromatic ring is 1. The summed E-state index contributed by atoms with van der Waals surface area (Å²) in [7, 11) is 1.59. The van der Waals surface area contributed by atoms with E-state index in [9.17, 15) is 0 Å². The van der Waals surface area contributed by atoms with Crippen molar-refractivity contribution in [2.24, 2.45) is 11.8 Å². The molecule has 1 aliphatic carbocycles. The lowest BCUT2D eigenvalue weighted by Gasteiger charge is -2.20. The lowest BCUT2D eigenvalue weighted by Crippen LogP contribution is -2.23. The van der Waals surface area contributed by atoms with E-state index in [0.29, 0.717) is 29.3 Å². The number of nitrogens with zero attached hydrogens (tertiary/aromatic N) is 2.